The van der Waals surface area contributed by atoms with Crippen LogP contribution in [0.3, 0.4) is 0 Å². The van der Waals surface area contributed by atoms with Crippen LogP contribution >= 0.6 is 11.3 Å². The minimum absolute atomic E-state index is 0.885. The van der Waals surface area contributed by atoms with Crippen LogP contribution in [-0.2, 0) is 0 Å². The summed E-state index contributed by atoms with van der Waals surface area (Å²) in [5, 5.41) is 9.71. The molecule has 0 saturated heterocycles. The van der Waals surface area contributed by atoms with Crippen LogP contribution in [0.15, 0.2) is 168 Å². The first kappa shape index (κ1) is 26.3. The van der Waals surface area contributed by atoms with Gasteiger partial charge in [-0.15, -0.1) is 11.3 Å². The van der Waals surface area contributed by atoms with Gasteiger partial charge in [-0.1, -0.05) is 115 Å². The number of hydrogen-bond acceptors (Lipinski definition) is 3. The van der Waals surface area contributed by atoms with Crippen LogP contribution in [0.2, 0.25) is 0 Å². The van der Waals surface area contributed by atoms with E-state index < -0.39 is 0 Å². The van der Waals surface area contributed by atoms with Gasteiger partial charge in [0.05, 0.1) is 16.8 Å². The monoisotopic (exact) mass is 617 g/mol. The molecule has 0 unspecified atom stereocenters. The fraction of sp³-hybridized carbons (Fsp3) is 0. The van der Waals surface area contributed by atoms with E-state index in [2.05, 4.69) is 169 Å². The number of para-hydroxylation sites is 1. The van der Waals surface area contributed by atoms with Crippen LogP contribution < -0.4 is 4.90 Å². The Balaban J connectivity index is 1.33. The number of furan rings is 1. The molecule has 0 saturated carbocycles. The Labute approximate surface area is 275 Å². The maximum absolute atomic E-state index is 6.74. The van der Waals surface area contributed by atoms with Crippen molar-refractivity contribution in [2.45, 2.75) is 0 Å². The molecular weight excluding hydrogens is 591 g/mol. The highest BCUT2D eigenvalue weighted by Crippen LogP contribution is 2.49. The fourth-order valence-electron chi connectivity index (χ4n) is 7.32. The van der Waals surface area contributed by atoms with E-state index in [9.17, 15) is 0 Å². The van der Waals surface area contributed by atoms with E-state index >= 15 is 0 Å². The molecule has 0 amide bonds. The number of anilines is 3. The minimum atomic E-state index is 0.885. The lowest BCUT2D eigenvalue weighted by Gasteiger charge is -2.28. The Bertz CT molecular complexity index is 2810. The summed E-state index contributed by atoms with van der Waals surface area (Å²) in [7, 11) is 0. The minimum Gasteiger partial charge on any atom is -0.455 e. The Morgan fingerprint density at radius 1 is 0.447 bits per heavy atom. The van der Waals surface area contributed by atoms with Gasteiger partial charge in [0.1, 0.15) is 11.2 Å². The third kappa shape index (κ3) is 4.04. The summed E-state index contributed by atoms with van der Waals surface area (Å²) in [6.45, 7) is 0. The molecule has 8 aromatic carbocycles. The van der Waals surface area contributed by atoms with Crippen molar-refractivity contribution >= 4 is 92.1 Å². The van der Waals surface area contributed by atoms with Gasteiger partial charge in [0.15, 0.2) is 0 Å². The molecule has 2 nitrogen and oxygen atoms in total. The second kappa shape index (κ2) is 10.3. The van der Waals surface area contributed by atoms with Crippen LogP contribution in [0.4, 0.5) is 17.1 Å². The van der Waals surface area contributed by atoms with E-state index in [1.165, 1.54) is 41.7 Å². The number of benzene rings is 8. The Morgan fingerprint density at radius 3 is 2.11 bits per heavy atom. The third-order valence-corrected chi connectivity index (χ3v) is 10.6. The lowest BCUT2D eigenvalue weighted by atomic mass is 9.97. The molecular formula is C44H27NOS. The van der Waals surface area contributed by atoms with Gasteiger partial charge >= 0.3 is 0 Å². The van der Waals surface area contributed by atoms with Crippen molar-refractivity contribution in [2.24, 2.45) is 0 Å². The molecule has 0 aliphatic carbocycles. The molecule has 3 heteroatoms. The highest BCUT2D eigenvalue weighted by atomic mass is 32.1. The number of nitrogens with zero attached hydrogens (tertiary/aromatic N) is 1. The molecule has 0 radical (unpaired) electrons. The van der Waals surface area contributed by atoms with E-state index in [1.54, 1.807) is 0 Å². The number of thiophene rings is 1. The van der Waals surface area contributed by atoms with Crippen LogP contribution in [-0.4, -0.2) is 0 Å². The summed E-state index contributed by atoms with van der Waals surface area (Å²) in [6.07, 6.45) is 0. The van der Waals surface area contributed by atoms with Crippen LogP contribution in [0, 0.1) is 0 Å². The van der Waals surface area contributed by atoms with Gasteiger partial charge in [-0.2, -0.15) is 0 Å². The topological polar surface area (TPSA) is 16.4 Å². The lowest BCUT2D eigenvalue weighted by Crippen LogP contribution is -2.11. The summed E-state index contributed by atoms with van der Waals surface area (Å²) in [6, 6.07) is 59.0. The molecule has 2 heterocycles. The molecule has 0 N–H and O–H groups in total. The first-order chi connectivity index (χ1) is 23.3. The maximum atomic E-state index is 6.74. The normalized spacial score (nSPS) is 11.8. The molecule has 220 valence electrons. The fourth-order valence-corrected chi connectivity index (χ4v) is 8.41. The first-order valence-corrected chi connectivity index (χ1v) is 16.7. The number of hydrogen-bond donors (Lipinski definition) is 0. The average Bonchev–Trinajstić information content (AvgIpc) is 3.71. The second-order valence-electron chi connectivity index (χ2n) is 12.1. The van der Waals surface area contributed by atoms with Gasteiger partial charge in [-0.3, -0.25) is 0 Å². The van der Waals surface area contributed by atoms with Crippen LogP contribution in [0.5, 0.6) is 0 Å². The molecule has 10 aromatic rings. The van der Waals surface area contributed by atoms with Gasteiger partial charge in [0, 0.05) is 42.2 Å². The number of rotatable bonds is 4. The zero-order valence-electron chi connectivity index (χ0n) is 25.4. The Hall–Kier alpha value is -5.90. The summed E-state index contributed by atoms with van der Waals surface area (Å²) in [5.41, 5.74) is 7.33. The van der Waals surface area contributed by atoms with Gasteiger partial charge < -0.3 is 9.32 Å². The van der Waals surface area contributed by atoms with Crippen molar-refractivity contribution in [1.82, 2.24) is 0 Å². The van der Waals surface area contributed by atoms with Gasteiger partial charge in [0.2, 0.25) is 0 Å². The first-order valence-electron chi connectivity index (χ1n) is 15.9. The molecule has 0 aliphatic rings. The third-order valence-electron chi connectivity index (χ3n) is 9.45. The van der Waals surface area contributed by atoms with Crippen molar-refractivity contribution in [3.05, 3.63) is 164 Å². The zero-order chi connectivity index (χ0) is 30.9. The molecule has 47 heavy (non-hydrogen) atoms. The maximum Gasteiger partial charge on any atom is 0.145 e. The van der Waals surface area contributed by atoms with E-state index in [0.29, 0.717) is 0 Å². The van der Waals surface area contributed by atoms with Crippen molar-refractivity contribution in [3.63, 3.8) is 0 Å². The molecule has 2 aromatic heterocycles. The largest absolute Gasteiger partial charge is 0.455 e. The molecule has 0 atom stereocenters. The van der Waals surface area contributed by atoms with E-state index in [4.69, 9.17) is 4.42 Å². The van der Waals surface area contributed by atoms with E-state index in [1.807, 2.05) is 11.3 Å². The number of fused-ring (bicyclic) bond motifs is 9. The molecule has 0 bridgehead atoms. The predicted octanol–water partition coefficient (Wildman–Crippen LogP) is 13.4. The summed E-state index contributed by atoms with van der Waals surface area (Å²) < 4.78 is 9.33. The quantitative estimate of drug-likeness (QED) is 0.183. The van der Waals surface area contributed by atoms with Crippen LogP contribution in [0.1, 0.15) is 0 Å². The Morgan fingerprint density at radius 2 is 1.19 bits per heavy atom. The van der Waals surface area contributed by atoms with Crippen molar-refractivity contribution in [3.8, 4) is 11.1 Å². The zero-order valence-corrected chi connectivity index (χ0v) is 26.2. The lowest BCUT2D eigenvalue weighted by molar-refractivity contribution is 0.670. The van der Waals surface area contributed by atoms with Crippen molar-refractivity contribution in [1.29, 1.82) is 0 Å². The van der Waals surface area contributed by atoms with Gasteiger partial charge in [-0.25, -0.2) is 0 Å². The standard InChI is InChI=1S/C44H27NOS/c1-2-11-28(12-3-1)32-24-25-39(43-36-16-6-8-19-40(36)46-44(32)43)45(30-22-26-42-37(27-30)35-15-7-9-20-41(35)47-42)38-18-10-17-33-31-14-5-4-13-29(31)21-23-34(33)38/h1-27H. The van der Waals surface area contributed by atoms with Gasteiger partial charge in [-0.05, 0) is 70.3 Å². The highest BCUT2D eigenvalue weighted by molar-refractivity contribution is 7.25. The SMILES string of the molecule is c1ccc(-c2ccc(N(c3ccc4sc5ccccc5c4c3)c3cccc4c3ccc3ccccc34)c3c2oc2ccccc23)cc1. The van der Waals surface area contributed by atoms with Gasteiger partial charge in [0.25, 0.3) is 0 Å². The molecule has 10 rings (SSSR count). The van der Waals surface area contributed by atoms with Crippen LogP contribution in [0.25, 0.3) is 74.8 Å². The van der Waals surface area contributed by atoms with Crippen molar-refractivity contribution in [2.75, 3.05) is 4.90 Å². The highest BCUT2D eigenvalue weighted by Gasteiger charge is 2.24. The summed E-state index contributed by atoms with van der Waals surface area (Å²) >= 11 is 1.85. The predicted molar refractivity (Wildman–Crippen MR) is 202 cm³/mol. The smallest absolute Gasteiger partial charge is 0.145 e. The summed E-state index contributed by atoms with van der Waals surface area (Å²) in [4.78, 5) is 2.45. The molecule has 0 fully saturated rings. The summed E-state index contributed by atoms with van der Waals surface area (Å²) in [5.74, 6) is 0. The second-order valence-corrected chi connectivity index (χ2v) is 13.2. The van der Waals surface area contributed by atoms with Crippen molar-refractivity contribution < 1.29 is 4.42 Å². The molecule has 0 spiro atoms. The van der Waals surface area contributed by atoms with E-state index in [0.717, 1.165) is 50.1 Å². The molecule has 0 aliphatic heterocycles. The Kier molecular flexibility index (Phi) is 5.78. The average molecular weight is 618 g/mol. The van der Waals surface area contributed by atoms with E-state index in [-0.39, 0.29) is 0 Å².